The summed E-state index contributed by atoms with van der Waals surface area (Å²) in [4.78, 5) is 12.5. The first-order chi connectivity index (χ1) is 12.9. The molecule has 9 heteroatoms. The van der Waals surface area contributed by atoms with Crippen LogP contribution in [0.1, 0.15) is 30.7 Å². The summed E-state index contributed by atoms with van der Waals surface area (Å²) in [7, 11) is -3.49. The Labute approximate surface area is 164 Å². The van der Waals surface area contributed by atoms with E-state index in [2.05, 4.69) is 10.4 Å². The van der Waals surface area contributed by atoms with Crippen LogP contribution in [0.15, 0.2) is 27.8 Å². The molecule has 0 radical (unpaired) electrons. The van der Waals surface area contributed by atoms with E-state index in [4.69, 9.17) is 0 Å². The zero-order valence-electron chi connectivity index (χ0n) is 15.7. The van der Waals surface area contributed by atoms with Gasteiger partial charge in [-0.15, -0.1) is 11.3 Å². The normalized spacial score (nSPS) is 18.5. The second-order valence-electron chi connectivity index (χ2n) is 6.93. The number of aryl methyl sites for hydroxylation is 3. The van der Waals surface area contributed by atoms with Gasteiger partial charge >= 0.3 is 0 Å². The molecular formula is C18H26N4O3S2. The van der Waals surface area contributed by atoms with E-state index in [1.807, 2.05) is 24.6 Å². The molecule has 148 valence electrons. The lowest BCUT2D eigenvalue weighted by Crippen LogP contribution is -2.45. The monoisotopic (exact) mass is 410 g/mol. The number of sulfonamides is 1. The molecule has 1 saturated heterocycles. The van der Waals surface area contributed by atoms with Crippen molar-refractivity contribution in [3.63, 3.8) is 0 Å². The zero-order chi connectivity index (χ0) is 19.4. The summed E-state index contributed by atoms with van der Waals surface area (Å²) in [6, 6.07) is 5.38. The minimum absolute atomic E-state index is 0.0607. The Balaban J connectivity index is 1.49. The van der Waals surface area contributed by atoms with Gasteiger partial charge in [0.1, 0.15) is 4.21 Å². The van der Waals surface area contributed by atoms with Crippen LogP contribution in [-0.2, 0) is 21.4 Å². The summed E-state index contributed by atoms with van der Waals surface area (Å²) in [6.45, 7) is 6.02. The topological polar surface area (TPSA) is 84.3 Å². The van der Waals surface area contributed by atoms with Gasteiger partial charge in [0.25, 0.3) is 10.0 Å². The molecule has 1 N–H and O–H groups in total. The second kappa shape index (κ2) is 8.53. The van der Waals surface area contributed by atoms with E-state index in [1.165, 1.54) is 15.6 Å². The van der Waals surface area contributed by atoms with Gasteiger partial charge in [-0.1, -0.05) is 6.07 Å². The Morgan fingerprint density at radius 2 is 2.22 bits per heavy atom. The molecule has 3 heterocycles. The van der Waals surface area contributed by atoms with Gasteiger partial charge in [-0.3, -0.25) is 9.48 Å². The van der Waals surface area contributed by atoms with Gasteiger partial charge in [0.2, 0.25) is 5.91 Å². The quantitative estimate of drug-likeness (QED) is 0.709. The van der Waals surface area contributed by atoms with Crippen LogP contribution in [0, 0.1) is 19.8 Å². The molecule has 1 aliphatic heterocycles. The van der Waals surface area contributed by atoms with Crippen molar-refractivity contribution in [1.29, 1.82) is 0 Å². The van der Waals surface area contributed by atoms with Gasteiger partial charge in [-0.2, -0.15) is 9.40 Å². The number of carbonyl (C=O) groups excluding carboxylic acids is 1. The van der Waals surface area contributed by atoms with Crippen LogP contribution >= 0.6 is 11.3 Å². The first-order valence-electron chi connectivity index (χ1n) is 9.20. The van der Waals surface area contributed by atoms with E-state index in [9.17, 15) is 13.2 Å². The van der Waals surface area contributed by atoms with Crippen LogP contribution in [0.2, 0.25) is 0 Å². The molecule has 1 unspecified atom stereocenters. The lowest BCUT2D eigenvalue weighted by atomic mass is 9.99. The summed E-state index contributed by atoms with van der Waals surface area (Å²) in [5, 5.41) is 9.12. The smallest absolute Gasteiger partial charge is 0.252 e. The van der Waals surface area contributed by atoms with Gasteiger partial charge in [0, 0.05) is 31.9 Å². The molecule has 0 bridgehead atoms. The highest BCUT2D eigenvalue weighted by molar-refractivity contribution is 7.91. The van der Waals surface area contributed by atoms with Crippen LogP contribution in [0.25, 0.3) is 0 Å². The summed E-state index contributed by atoms with van der Waals surface area (Å²) < 4.78 is 29.1. The summed E-state index contributed by atoms with van der Waals surface area (Å²) in [5.41, 5.74) is 2.10. The minimum Gasteiger partial charge on any atom is -0.356 e. The Morgan fingerprint density at radius 3 is 2.89 bits per heavy atom. The van der Waals surface area contributed by atoms with Crippen molar-refractivity contribution in [3.8, 4) is 0 Å². The van der Waals surface area contributed by atoms with E-state index in [0.29, 0.717) is 23.7 Å². The van der Waals surface area contributed by atoms with Crippen molar-refractivity contribution in [2.75, 3.05) is 19.6 Å². The van der Waals surface area contributed by atoms with Gasteiger partial charge < -0.3 is 5.32 Å². The number of nitrogens with zero attached hydrogens (tertiary/aromatic N) is 3. The average molecular weight is 411 g/mol. The van der Waals surface area contributed by atoms with E-state index in [0.717, 1.165) is 30.8 Å². The predicted molar refractivity (Wildman–Crippen MR) is 105 cm³/mol. The zero-order valence-corrected chi connectivity index (χ0v) is 17.4. The molecule has 1 fully saturated rings. The van der Waals surface area contributed by atoms with Crippen molar-refractivity contribution >= 4 is 27.3 Å². The van der Waals surface area contributed by atoms with Crippen LogP contribution in [0.4, 0.5) is 0 Å². The van der Waals surface area contributed by atoms with Crippen LogP contribution < -0.4 is 5.32 Å². The molecule has 2 aromatic heterocycles. The lowest BCUT2D eigenvalue weighted by molar-refractivity contribution is -0.126. The number of hydrogen-bond acceptors (Lipinski definition) is 5. The molecule has 1 amide bonds. The fourth-order valence-electron chi connectivity index (χ4n) is 3.40. The van der Waals surface area contributed by atoms with E-state index in [1.54, 1.807) is 17.5 Å². The Morgan fingerprint density at radius 1 is 1.41 bits per heavy atom. The molecule has 0 aromatic carbocycles. The number of nitrogens with one attached hydrogen (secondary N) is 1. The highest BCUT2D eigenvalue weighted by Gasteiger charge is 2.33. The molecule has 7 nitrogen and oxygen atoms in total. The Bertz CT molecular complexity index is 875. The average Bonchev–Trinajstić information content (AvgIpc) is 3.29. The SMILES string of the molecule is Cc1cc(C)n(CCCNC(=O)C2CCCN(S(=O)(=O)c3cccs3)C2)n1. The lowest BCUT2D eigenvalue weighted by Gasteiger charge is -2.30. The van der Waals surface area contributed by atoms with E-state index < -0.39 is 10.0 Å². The maximum Gasteiger partial charge on any atom is 0.252 e. The number of hydrogen-bond donors (Lipinski definition) is 1. The molecule has 1 aliphatic rings. The van der Waals surface area contributed by atoms with Gasteiger partial charge in [-0.05, 0) is 50.6 Å². The Hall–Kier alpha value is -1.71. The van der Waals surface area contributed by atoms with Gasteiger partial charge in [0.15, 0.2) is 0 Å². The summed E-state index contributed by atoms with van der Waals surface area (Å²) in [6.07, 6.45) is 2.21. The standard InChI is InChI=1S/C18H26N4O3S2/c1-14-12-15(2)22(20-14)10-5-8-19-18(23)16-6-3-9-21(13-16)27(24,25)17-7-4-11-26-17/h4,7,11-12,16H,3,5-6,8-10,13H2,1-2H3,(H,19,23). The molecule has 0 aliphatic carbocycles. The summed E-state index contributed by atoms with van der Waals surface area (Å²) in [5.74, 6) is -0.350. The third kappa shape index (κ3) is 4.77. The highest BCUT2D eigenvalue weighted by Crippen LogP contribution is 2.26. The van der Waals surface area contributed by atoms with Crippen LogP contribution in [0.5, 0.6) is 0 Å². The fourth-order valence-corrected chi connectivity index (χ4v) is 6.07. The van der Waals surface area contributed by atoms with Crippen molar-refractivity contribution in [2.24, 2.45) is 5.92 Å². The largest absolute Gasteiger partial charge is 0.356 e. The molecule has 1 atom stereocenters. The molecule has 0 saturated carbocycles. The molecule has 2 aromatic rings. The van der Waals surface area contributed by atoms with Gasteiger partial charge in [0.05, 0.1) is 11.6 Å². The predicted octanol–water partition coefficient (Wildman–Crippen LogP) is 2.17. The number of piperidine rings is 1. The van der Waals surface area contributed by atoms with E-state index in [-0.39, 0.29) is 18.4 Å². The molecule has 0 spiro atoms. The highest BCUT2D eigenvalue weighted by atomic mass is 32.2. The molecular weight excluding hydrogens is 384 g/mol. The van der Waals surface area contributed by atoms with Crippen LogP contribution in [-0.4, -0.2) is 48.0 Å². The van der Waals surface area contributed by atoms with Crippen LogP contribution in [0.3, 0.4) is 0 Å². The van der Waals surface area contributed by atoms with Crippen molar-refractivity contribution < 1.29 is 13.2 Å². The van der Waals surface area contributed by atoms with Crippen molar-refractivity contribution in [3.05, 3.63) is 35.0 Å². The van der Waals surface area contributed by atoms with E-state index >= 15 is 0 Å². The number of aromatic nitrogens is 2. The first kappa shape index (κ1) is 20.0. The molecule has 27 heavy (non-hydrogen) atoms. The minimum atomic E-state index is -3.49. The maximum atomic E-state index is 12.7. The van der Waals surface area contributed by atoms with Crippen molar-refractivity contribution in [2.45, 2.75) is 43.9 Å². The second-order valence-corrected chi connectivity index (χ2v) is 10.0. The molecule has 3 rings (SSSR count). The number of thiophene rings is 1. The number of carbonyl (C=O) groups is 1. The third-order valence-corrected chi connectivity index (χ3v) is 8.03. The fraction of sp³-hybridized carbons (Fsp3) is 0.556. The Kier molecular flexibility index (Phi) is 6.33. The van der Waals surface area contributed by atoms with Gasteiger partial charge in [-0.25, -0.2) is 8.42 Å². The number of amides is 1. The number of rotatable bonds is 7. The van der Waals surface area contributed by atoms with Crippen molar-refractivity contribution in [1.82, 2.24) is 19.4 Å². The maximum absolute atomic E-state index is 12.7. The summed E-state index contributed by atoms with van der Waals surface area (Å²) >= 11 is 1.21. The third-order valence-electron chi connectivity index (χ3n) is 4.79. The first-order valence-corrected chi connectivity index (χ1v) is 11.5.